The Morgan fingerprint density at radius 2 is 1.56 bits per heavy atom. The van der Waals surface area contributed by atoms with Crippen molar-refractivity contribution in [3.05, 3.63) is 70.8 Å². The van der Waals surface area contributed by atoms with Crippen LogP contribution in [0.2, 0.25) is 0 Å². The molecule has 1 aliphatic heterocycles. The van der Waals surface area contributed by atoms with Crippen LogP contribution in [0.5, 0.6) is 0 Å². The van der Waals surface area contributed by atoms with Gasteiger partial charge in [-0.15, -0.1) is 0 Å². The van der Waals surface area contributed by atoms with E-state index in [0.717, 1.165) is 5.56 Å². The molecule has 198 valence electrons. The number of alkyl halides is 6. The van der Waals surface area contributed by atoms with E-state index in [9.17, 15) is 31.1 Å². The number of rotatable bonds is 9. The number of benzene rings is 2. The second kappa shape index (κ2) is 11.2. The molecule has 0 aliphatic carbocycles. The molecule has 36 heavy (non-hydrogen) atoms. The Balaban J connectivity index is 1.72. The molecule has 2 aromatic rings. The highest BCUT2D eigenvalue weighted by Gasteiger charge is 2.38. The lowest BCUT2D eigenvalue weighted by Gasteiger charge is -2.42. The molecule has 1 fully saturated rings. The van der Waals surface area contributed by atoms with Crippen LogP contribution in [0.1, 0.15) is 48.4 Å². The summed E-state index contributed by atoms with van der Waals surface area (Å²) < 4.78 is 84.9. The first kappa shape index (κ1) is 28.0. The summed E-state index contributed by atoms with van der Waals surface area (Å²) in [5.74, 6) is -1.30. The van der Waals surface area contributed by atoms with Gasteiger partial charge in [-0.3, -0.25) is 4.79 Å². The standard InChI is InChI=1S/C26H29F6NO3/c1-18(23(34)35)7-10-33-11-8-24(9-12-33,20-5-3-2-4-6-20)17-36-16-19-13-21(25(27,28)29)15-22(14-19)26(30,31)32/h2-6,13-15,18H,7-12,16-17H2,1H3,(H,34,35). The molecule has 1 heterocycles. The minimum Gasteiger partial charge on any atom is -0.481 e. The molecule has 10 heteroatoms. The summed E-state index contributed by atoms with van der Waals surface area (Å²) in [4.78, 5) is 13.3. The van der Waals surface area contributed by atoms with E-state index in [1.807, 2.05) is 30.3 Å². The van der Waals surface area contributed by atoms with Gasteiger partial charge in [0.2, 0.25) is 0 Å². The number of ether oxygens (including phenoxy) is 1. The quantitative estimate of drug-likeness (QED) is 0.392. The van der Waals surface area contributed by atoms with Crippen molar-refractivity contribution in [3.8, 4) is 0 Å². The fourth-order valence-corrected chi connectivity index (χ4v) is 4.48. The Morgan fingerprint density at radius 3 is 2.06 bits per heavy atom. The van der Waals surface area contributed by atoms with E-state index in [1.54, 1.807) is 6.92 Å². The largest absolute Gasteiger partial charge is 0.481 e. The van der Waals surface area contributed by atoms with Gasteiger partial charge in [-0.25, -0.2) is 0 Å². The van der Waals surface area contributed by atoms with E-state index in [-0.39, 0.29) is 24.8 Å². The molecule has 0 spiro atoms. The van der Waals surface area contributed by atoms with Crippen LogP contribution in [0.3, 0.4) is 0 Å². The van der Waals surface area contributed by atoms with E-state index in [2.05, 4.69) is 4.90 Å². The van der Waals surface area contributed by atoms with Crippen molar-refractivity contribution >= 4 is 5.97 Å². The Hall–Kier alpha value is -2.59. The van der Waals surface area contributed by atoms with E-state index in [4.69, 9.17) is 9.84 Å². The number of carboxylic acid groups (broad SMARTS) is 1. The maximum atomic E-state index is 13.2. The summed E-state index contributed by atoms with van der Waals surface area (Å²) in [5.41, 5.74) is -2.38. The summed E-state index contributed by atoms with van der Waals surface area (Å²) in [6.45, 7) is 3.38. The Morgan fingerprint density at radius 1 is 1.00 bits per heavy atom. The summed E-state index contributed by atoms with van der Waals surface area (Å²) in [5, 5.41) is 9.10. The van der Waals surface area contributed by atoms with Crippen LogP contribution in [-0.2, 0) is 33.9 Å². The minimum absolute atomic E-state index is 0.107. The summed E-state index contributed by atoms with van der Waals surface area (Å²) >= 11 is 0. The molecule has 0 radical (unpaired) electrons. The molecule has 2 aromatic carbocycles. The minimum atomic E-state index is -4.91. The smallest absolute Gasteiger partial charge is 0.416 e. The average Bonchev–Trinajstić information content (AvgIpc) is 2.82. The number of nitrogens with zero attached hydrogens (tertiary/aromatic N) is 1. The van der Waals surface area contributed by atoms with Crippen molar-refractivity contribution in [1.29, 1.82) is 0 Å². The highest BCUT2D eigenvalue weighted by molar-refractivity contribution is 5.69. The van der Waals surface area contributed by atoms with Crippen LogP contribution >= 0.6 is 0 Å². The summed E-state index contributed by atoms with van der Waals surface area (Å²) in [6, 6.07) is 11.0. The zero-order valence-electron chi connectivity index (χ0n) is 19.8. The maximum Gasteiger partial charge on any atom is 0.416 e. The van der Waals surface area contributed by atoms with Gasteiger partial charge in [-0.2, -0.15) is 26.3 Å². The van der Waals surface area contributed by atoms with Crippen LogP contribution in [0.15, 0.2) is 48.5 Å². The van der Waals surface area contributed by atoms with Gasteiger partial charge in [-0.05, 0) is 68.2 Å². The molecule has 0 bridgehead atoms. The molecule has 1 atom stereocenters. The van der Waals surface area contributed by atoms with Crippen molar-refractivity contribution in [2.24, 2.45) is 5.92 Å². The van der Waals surface area contributed by atoms with Gasteiger partial charge in [0.15, 0.2) is 0 Å². The van der Waals surface area contributed by atoms with Gasteiger partial charge in [-0.1, -0.05) is 37.3 Å². The van der Waals surface area contributed by atoms with Crippen LogP contribution < -0.4 is 0 Å². The number of piperidine rings is 1. The maximum absolute atomic E-state index is 13.2. The lowest BCUT2D eigenvalue weighted by Crippen LogP contribution is -2.45. The molecule has 1 unspecified atom stereocenters. The second-order valence-corrected chi connectivity index (χ2v) is 9.42. The molecule has 3 rings (SSSR count). The van der Waals surface area contributed by atoms with E-state index >= 15 is 0 Å². The molecule has 0 aromatic heterocycles. The number of hydrogen-bond acceptors (Lipinski definition) is 3. The first-order valence-electron chi connectivity index (χ1n) is 11.7. The Labute approximate surface area is 205 Å². The number of hydrogen-bond donors (Lipinski definition) is 1. The fraction of sp³-hybridized carbons (Fsp3) is 0.500. The van der Waals surface area contributed by atoms with Crippen LogP contribution in [-0.4, -0.2) is 42.2 Å². The molecular formula is C26H29F6NO3. The Bertz CT molecular complexity index is 982. The van der Waals surface area contributed by atoms with Crippen molar-refractivity contribution in [2.75, 3.05) is 26.2 Å². The van der Waals surface area contributed by atoms with Gasteiger partial charge in [0.1, 0.15) is 0 Å². The molecule has 1 saturated heterocycles. The topological polar surface area (TPSA) is 49.8 Å². The second-order valence-electron chi connectivity index (χ2n) is 9.42. The molecule has 1 N–H and O–H groups in total. The highest BCUT2D eigenvalue weighted by Crippen LogP contribution is 2.38. The number of aliphatic carboxylic acids is 1. The predicted octanol–water partition coefficient (Wildman–Crippen LogP) is 6.39. The number of carbonyl (C=O) groups is 1. The van der Waals surface area contributed by atoms with Gasteiger partial charge < -0.3 is 14.7 Å². The van der Waals surface area contributed by atoms with Crippen molar-refractivity contribution in [2.45, 2.75) is 50.6 Å². The predicted molar refractivity (Wildman–Crippen MR) is 121 cm³/mol. The SMILES string of the molecule is CC(CCN1CCC(COCc2cc(C(F)(F)F)cc(C(F)(F)F)c2)(c2ccccc2)CC1)C(=O)O. The Kier molecular flexibility index (Phi) is 8.71. The highest BCUT2D eigenvalue weighted by atomic mass is 19.4. The van der Waals surface area contributed by atoms with Crippen molar-refractivity contribution in [3.63, 3.8) is 0 Å². The van der Waals surface area contributed by atoms with E-state index < -0.39 is 40.8 Å². The molecule has 1 aliphatic rings. The first-order valence-corrected chi connectivity index (χ1v) is 11.7. The summed E-state index contributed by atoms with van der Waals surface area (Å²) in [7, 11) is 0. The van der Waals surface area contributed by atoms with Crippen LogP contribution in [0.4, 0.5) is 26.3 Å². The van der Waals surface area contributed by atoms with Gasteiger partial charge in [0, 0.05) is 5.41 Å². The normalized spacial score (nSPS) is 17.6. The van der Waals surface area contributed by atoms with Crippen LogP contribution in [0.25, 0.3) is 0 Å². The van der Waals surface area contributed by atoms with Crippen molar-refractivity contribution in [1.82, 2.24) is 4.90 Å². The lowest BCUT2D eigenvalue weighted by molar-refractivity contribution is -0.143. The average molecular weight is 518 g/mol. The van der Waals surface area contributed by atoms with E-state index in [1.165, 1.54) is 0 Å². The molecule has 0 amide bonds. The third kappa shape index (κ3) is 7.22. The number of carboxylic acids is 1. The summed E-state index contributed by atoms with van der Waals surface area (Å²) in [6.07, 6.45) is -7.98. The van der Waals surface area contributed by atoms with Gasteiger partial charge in [0.05, 0.1) is 30.3 Å². The third-order valence-corrected chi connectivity index (χ3v) is 6.79. The fourth-order valence-electron chi connectivity index (χ4n) is 4.48. The molecule has 0 saturated carbocycles. The van der Waals surface area contributed by atoms with Gasteiger partial charge in [0.25, 0.3) is 0 Å². The van der Waals surface area contributed by atoms with Gasteiger partial charge >= 0.3 is 18.3 Å². The molecule has 4 nitrogen and oxygen atoms in total. The van der Waals surface area contributed by atoms with E-state index in [0.29, 0.717) is 51.0 Å². The third-order valence-electron chi connectivity index (χ3n) is 6.79. The monoisotopic (exact) mass is 517 g/mol. The first-order chi connectivity index (χ1) is 16.8. The number of halogens is 6. The van der Waals surface area contributed by atoms with Crippen LogP contribution in [0, 0.1) is 5.92 Å². The molecular weight excluding hydrogens is 488 g/mol. The zero-order chi connectivity index (χ0) is 26.6. The number of likely N-dealkylation sites (tertiary alicyclic amines) is 1. The van der Waals surface area contributed by atoms with Crippen molar-refractivity contribution < 1.29 is 41.0 Å². The lowest BCUT2D eigenvalue weighted by atomic mass is 9.73. The zero-order valence-corrected chi connectivity index (χ0v) is 19.8.